The van der Waals surface area contributed by atoms with Gasteiger partial charge in [-0.2, -0.15) is 0 Å². The maximum atomic E-state index is 12.7. The average Bonchev–Trinajstić information content (AvgIpc) is 2.83. The van der Waals surface area contributed by atoms with Gasteiger partial charge in [0.2, 0.25) is 10.0 Å². The lowest BCUT2D eigenvalue weighted by Crippen LogP contribution is -2.43. The molecule has 1 fully saturated rings. The molecule has 0 spiro atoms. The van der Waals surface area contributed by atoms with Gasteiger partial charge in [-0.1, -0.05) is 24.4 Å². The molecule has 0 saturated heterocycles. The molecule has 5 nitrogen and oxygen atoms in total. The molecule has 118 valence electrons. The Balaban J connectivity index is 2.46. The Bertz CT molecular complexity index is 625. The lowest BCUT2D eigenvalue weighted by atomic mass is 10.0. The molecule has 0 atom stereocenters. The maximum Gasteiger partial charge on any atom is 0.244 e. The number of rotatable bonds is 5. The lowest BCUT2D eigenvalue weighted by molar-refractivity contribution is 0.393. The molecular formula is C14H21ClN2O3S. The second-order valence-corrected chi connectivity index (χ2v) is 7.76. The molecule has 1 aliphatic carbocycles. The summed E-state index contributed by atoms with van der Waals surface area (Å²) in [5, 5.41) is 0.327. The van der Waals surface area contributed by atoms with Crippen LogP contribution in [0.3, 0.4) is 0 Å². The predicted octanol–water partition coefficient (Wildman–Crippen LogP) is 2.42. The minimum Gasteiger partial charge on any atom is -0.495 e. The summed E-state index contributed by atoms with van der Waals surface area (Å²) in [4.78, 5) is 0.0473. The first kappa shape index (κ1) is 16.5. The minimum absolute atomic E-state index is 0.0473. The van der Waals surface area contributed by atoms with Crippen LogP contribution in [0.1, 0.15) is 38.2 Å². The van der Waals surface area contributed by atoms with E-state index < -0.39 is 15.6 Å². The Labute approximate surface area is 130 Å². The van der Waals surface area contributed by atoms with E-state index in [2.05, 4.69) is 4.72 Å². The van der Waals surface area contributed by atoms with Crippen LogP contribution < -0.4 is 15.2 Å². The van der Waals surface area contributed by atoms with Crippen molar-refractivity contribution in [3.8, 4) is 5.75 Å². The van der Waals surface area contributed by atoms with Crippen molar-refractivity contribution in [2.24, 2.45) is 5.73 Å². The van der Waals surface area contributed by atoms with Crippen LogP contribution in [0.25, 0.3) is 0 Å². The maximum absolute atomic E-state index is 12.7. The minimum atomic E-state index is -3.71. The summed E-state index contributed by atoms with van der Waals surface area (Å²) in [7, 11) is -2.29. The molecule has 0 aromatic heterocycles. The largest absolute Gasteiger partial charge is 0.495 e. The van der Waals surface area contributed by atoms with Gasteiger partial charge in [-0.05, 0) is 31.9 Å². The van der Waals surface area contributed by atoms with Gasteiger partial charge in [0.15, 0.2) is 0 Å². The number of nitrogens with one attached hydrogen (secondary N) is 1. The zero-order valence-electron chi connectivity index (χ0n) is 12.3. The van der Waals surface area contributed by atoms with Crippen molar-refractivity contribution in [2.45, 2.75) is 49.6 Å². The van der Waals surface area contributed by atoms with E-state index in [0.29, 0.717) is 10.6 Å². The van der Waals surface area contributed by atoms with Crippen molar-refractivity contribution in [2.75, 3.05) is 7.11 Å². The molecule has 21 heavy (non-hydrogen) atoms. The molecule has 7 heteroatoms. The van der Waals surface area contributed by atoms with Gasteiger partial charge < -0.3 is 10.5 Å². The zero-order valence-corrected chi connectivity index (χ0v) is 13.9. The highest BCUT2D eigenvalue weighted by Crippen LogP contribution is 2.35. The highest BCUT2D eigenvalue weighted by atomic mass is 35.5. The summed E-state index contributed by atoms with van der Waals surface area (Å²) in [6, 6.07) is 3.02. The first-order chi connectivity index (χ1) is 9.81. The number of hydrogen-bond donors (Lipinski definition) is 2. The second kappa shape index (κ2) is 6.12. The molecule has 2 rings (SSSR count). The third-order valence-corrected chi connectivity index (χ3v) is 5.76. The van der Waals surface area contributed by atoms with E-state index in [9.17, 15) is 8.42 Å². The van der Waals surface area contributed by atoms with Crippen molar-refractivity contribution in [1.29, 1.82) is 0 Å². The summed E-state index contributed by atoms with van der Waals surface area (Å²) < 4.78 is 33.4. The van der Waals surface area contributed by atoms with Gasteiger partial charge in [-0.15, -0.1) is 0 Å². The topological polar surface area (TPSA) is 81.4 Å². The third-order valence-electron chi connectivity index (χ3n) is 3.90. The van der Waals surface area contributed by atoms with Crippen LogP contribution in [0, 0.1) is 0 Å². The Morgan fingerprint density at radius 3 is 2.52 bits per heavy atom. The monoisotopic (exact) mass is 332 g/mol. The van der Waals surface area contributed by atoms with Crippen molar-refractivity contribution < 1.29 is 13.2 Å². The first-order valence-electron chi connectivity index (χ1n) is 6.92. The quantitative estimate of drug-likeness (QED) is 0.867. The van der Waals surface area contributed by atoms with Crippen LogP contribution in [0.15, 0.2) is 17.0 Å². The molecule has 0 bridgehead atoms. The third kappa shape index (κ3) is 3.51. The molecule has 1 saturated carbocycles. The molecule has 1 aromatic rings. The number of sulfonamides is 1. The molecule has 0 amide bonds. The van der Waals surface area contributed by atoms with Gasteiger partial charge in [-0.25, -0.2) is 13.1 Å². The molecule has 1 aliphatic rings. The summed E-state index contributed by atoms with van der Waals surface area (Å²) in [6.07, 6.45) is 3.72. The number of methoxy groups -OCH3 is 1. The van der Waals surface area contributed by atoms with E-state index in [1.165, 1.54) is 13.2 Å². The molecule has 3 N–H and O–H groups in total. The number of halogens is 1. The van der Waals surface area contributed by atoms with Gasteiger partial charge in [0.05, 0.1) is 7.11 Å². The average molecular weight is 333 g/mol. The van der Waals surface area contributed by atoms with Gasteiger partial charge in [-0.3, -0.25) is 0 Å². The highest BCUT2D eigenvalue weighted by molar-refractivity contribution is 7.89. The van der Waals surface area contributed by atoms with Crippen LogP contribution in [0.5, 0.6) is 5.75 Å². The van der Waals surface area contributed by atoms with Crippen LogP contribution in [-0.4, -0.2) is 21.1 Å². The van der Waals surface area contributed by atoms with Crippen molar-refractivity contribution in [3.05, 3.63) is 22.7 Å². The van der Waals surface area contributed by atoms with E-state index >= 15 is 0 Å². The van der Waals surface area contributed by atoms with E-state index in [-0.39, 0.29) is 17.2 Å². The normalized spacial score (nSPS) is 17.9. The van der Waals surface area contributed by atoms with Gasteiger partial charge in [0.25, 0.3) is 0 Å². The Kier molecular flexibility index (Phi) is 4.82. The van der Waals surface area contributed by atoms with Crippen LogP contribution >= 0.6 is 11.6 Å². The zero-order chi connectivity index (χ0) is 15.7. The number of ether oxygens (including phenoxy) is 1. The number of benzene rings is 1. The molecule has 1 aromatic carbocycles. The van der Waals surface area contributed by atoms with Crippen molar-refractivity contribution in [1.82, 2.24) is 4.72 Å². The Morgan fingerprint density at radius 2 is 2.00 bits per heavy atom. The molecule has 0 radical (unpaired) electrons. The van der Waals surface area contributed by atoms with Gasteiger partial charge >= 0.3 is 0 Å². The fraction of sp³-hybridized carbons (Fsp3) is 0.571. The summed E-state index contributed by atoms with van der Waals surface area (Å²) in [5.74, 6) is 0.260. The SMILES string of the molecule is COc1c(CN)cc(Cl)cc1S(=O)(=O)NC1(C)CCCC1. The van der Waals surface area contributed by atoms with E-state index in [1.807, 2.05) is 6.92 Å². The van der Waals surface area contributed by atoms with Crippen molar-refractivity contribution in [3.63, 3.8) is 0 Å². The smallest absolute Gasteiger partial charge is 0.244 e. The summed E-state index contributed by atoms with van der Waals surface area (Å²) in [5.41, 5.74) is 5.81. The molecular weight excluding hydrogens is 312 g/mol. The standard InChI is InChI=1S/C14H21ClN2O3S/c1-14(5-3-4-6-14)17-21(18,19)12-8-11(15)7-10(9-16)13(12)20-2/h7-8,17H,3-6,9,16H2,1-2H3. The summed E-state index contributed by atoms with van der Waals surface area (Å²) >= 11 is 6.01. The Hall–Kier alpha value is -0.820. The van der Waals surface area contributed by atoms with Crippen LogP contribution in [-0.2, 0) is 16.6 Å². The first-order valence-corrected chi connectivity index (χ1v) is 8.78. The van der Waals surface area contributed by atoms with E-state index in [0.717, 1.165) is 25.7 Å². The number of hydrogen-bond acceptors (Lipinski definition) is 4. The fourth-order valence-electron chi connectivity index (χ4n) is 2.84. The Morgan fingerprint density at radius 1 is 1.38 bits per heavy atom. The van der Waals surface area contributed by atoms with E-state index in [1.54, 1.807) is 6.07 Å². The molecule has 0 unspecified atom stereocenters. The lowest BCUT2D eigenvalue weighted by Gasteiger charge is -2.25. The fourth-order valence-corrected chi connectivity index (χ4v) is 4.85. The van der Waals surface area contributed by atoms with Gasteiger partial charge in [0, 0.05) is 22.7 Å². The van der Waals surface area contributed by atoms with Crippen molar-refractivity contribution >= 4 is 21.6 Å². The number of nitrogens with two attached hydrogens (primary N) is 1. The van der Waals surface area contributed by atoms with Crippen LogP contribution in [0.4, 0.5) is 0 Å². The molecule has 0 heterocycles. The molecule has 0 aliphatic heterocycles. The predicted molar refractivity (Wildman–Crippen MR) is 83.1 cm³/mol. The highest BCUT2D eigenvalue weighted by Gasteiger charge is 2.35. The van der Waals surface area contributed by atoms with E-state index in [4.69, 9.17) is 22.1 Å². The van der Waals surface area contributed by atoms with Crippen LogP contribution in [0.2, 0.25) is 5.02 Å². The second-order valence-electron chi connectivity index (χ2n) is 5.67. The summed E-state index contributed by atoms with van der Waals surface area (Å²) in [6.45, 7) is 2.09. The van der Waals surface area contributed by atoms with Gasteiger partial charge in [0.1, 0.15) is 10.6 Å².